The van der Waals surface area contributed by atoms with Crippen LogP contribution in [0.3, 0.4) is 0 Å². The molecule has 2 N–H and O–H groups in total. The quantitative estimate of drug-likeness (QED) is 0.707. The maximum Gasteiger partial charge on any atom is 0.231 e. The van der Waals surface area contributed by atoms with Crippen molar-refractivity contribution in [3.05, 3.63) is 52.5 Å². The van der Waals surface area contributed by atoms with E-state index in [2.05, 4.69) is 4.90 Å². The largest absolute Gasteiger partial charge is 0.369 e. The summed E-state index contributed by atoms with van der Waals surface area (Å²) in [5.74, 6) is 0.341. The molecule has 144 valence electrons. The van der Waals surface area contributed by atoms with Crippen molar-refractivity contribution in [3.8, 4) is 11.3 Å². The number of carbonyl (C=O) groups is 1. The van der Waals surface area contributed by atoms with Gasteiger partial charge in [0.2, 0.25) is 11.9 Å². The highest BCUT2D eigenvalue weighted by atomic mass is 35.5. The van der Waals surface area contributed by atoms with Gasteiger partial charge in [0.15, 0.2) is 0 Å². The zero-order valence-electron chi connectivity index (χ0n) is 15.1. The summed E-state index contributed by atoms with van der Waals surface area (Å²) < 4.78 is 0. The fourth-order valence-corrected chi connectivity index (χ4v) is 3.68. The predicted molar refractivity (Wildman–Crippen MR) is 113 cm³/mol. The Hall–Kier alpha value is -2.41. The minimum absolute atomic E-state index is 0.276. The number of anilines is 1. The Labute approximate surface area is 172 Å². The SMILES string of the molecule is NC(=O)CN1CCN(c2nc(-c3ccc(Cl)cc3)c3ccc(Cl)cc3n2)CC1. The van der Waals surface area contributed by atoms with E-state index < -0.39 is 0 Å². The van der Waals surface area contributed by atoms with Gasteiger partial charge in [0.05, 0.1) is 17.8 Å². The van der Waals surface area contributed by atoms with E-state index in [1.807, 2.05) is 47.4 Å². The van der Waals surface area contributed by atoms with E-state index in [4.69, 9.17) is 38.9 Å². The fraction of sp³-hybridized carbons (Fsp3) is 0.250. The highest BCUT2D eigenvalue weighted by molar-refractivity contribution is 6.31. The Morgan fingerprint density at radius 3 is 2.32 bits per heavy atom. The lowest BCUT2D eigenvalue weighted by molar-refractivity contribution is -0.119. The molecule has 0 bridgehead atoms. The topological polar surface area (TPSA) is 75.4 Å². The summed E-state index contributed by atoms with van der Waals surface area (Å²) in [6.07, 6.45) is 0. The van der Waals surface area contributed by atoms with Gasteiger partial charge in [-0.25, -0.2) is 9.97 Å². The standard InChI is InChI=1S/C20H19Cl2N5O/c21-14-3-1-13(2-4-14)19-16-6-5-15(22)11-17(16)24-20(25-19)27-9-7-26(8-10-27)12-18(23)28/h1-6,11H,7-10,12H2,(H2,23,28). The minimum Gasteiger partial charge on any atom is -0.369 e. The minimum atomic E-state index is -0.310. The summed E-state index contributed by atoms with van der Waals surface area (Å²) in [5, 5.41) is 2.24. The van der Waals surface area contributed by atoms with E-state index in [9.17, 15) is 4.79 Å². The van der Waals surface area contributed by atoms with Gasteiger partial charge in [-0.2, -0.15) is 0 Å². The van der Waals surface area contributed by atoms with Crippen molar-refractivity contribution in [1.82, 2.24) is 14.9 Å². The number of hydrogen-bond donors (Lipinski definition) is 1. The number of amides is 1. The molecule has 0 saturated carbocycles. The van der Waals surface area contributed by atoms with Crippen molar-refractivity contribution in [1.29, 1.82) is 0 Å². The summed E-state index contributed by atoms with van der Waals surface area (Å²) in [7, 11) is 0. The van der Waals surface area contributed by atoms with Crippen molar-refractivity contribution >= 4 is 46.0 Å². The number of hydrogen-bond acceptors (Lipinski definition) is 5. The number of rotatable bonds is 4. The van der Waals surface area contributed by atoms with Crippen LogP contribution in [0.1, 0.15) is 0 Å². The normalized spacial score (nSPS) is 15.1. The van der Waals surface area contributed by atoms with Gasteiger partial charge in [-0.1, -0.05) is 35.3 Å². The van der Waals surface area contributed by atoms with E-state index in [1.165, 1.54) is 0 Å². The van der Waals surface area contributed by atoms with E-state index in [1.54, 1.807) is 0 Å². The molecule has 1 aliphatic rings. The summed E-state index contributed by atoms with van der Waals surface area (Å²) in [5.41, 5.74) is 7.90. The van der Waals surface area contributed by atoms with Gasteiger partial charge in [0, 0.05) is 47.2 Å². The van der Waals surface area contributed by atoms with Gasteiger partial charge in [0.25, 0.3) is 0 Å². The number of benzene rings is 2. The van der Waals surface area contributed by atoms with Crippen LogP contribution in [0.2, 0.25) is 10.0 Å². The molecule has 4 rings (SSSR count). The molecule has 28 heavy (non-hydrogen) atoms. The molecule has 0 spiro atoms. The Kier molecular flexibility index (Phi) is 5.35. The highest BCUT2D eigenvalue weighted by Crippen LogP contribution is 2.31. The first kappa shape index (κ1) is 18.9. The second-order valence-electron chi connectivity index (χ2n) is 6.77. The van der Waals surface area contributed by atoms with Gasteiger partial charge in [-0.05, 0) is 30.3 Å². The first-order chi connectivity index (χ1) is 13.5. The summed E-state index contributed by atoms with van der Waals surface area (Å²) >= 11 is 12.2. The van der Waals surface area contributed by atoms with Gasteiger partial charge in [-0.3, -0.25) is 9.69 Å². The van der Waals surface area contributed by atoms with Crippen molar-refractivity contribution < 1.29 is 4.79 Å². The van der Waals surface area contributed by atoms with Crippen LogP contribution in [0.25, 0.3) is 22.2 Å². The third-order valence-corrected chi connectivity index (χ3v) is 5.29. The predicted octanol–water partition coefficient (Wildman–Crippen LogP) is 3.21. The molecule has 6 nitrogen and oxygen atoms in total. The third-order valence-electron chi connectivity index (χ3n) is 4.80. The molecule has 8 heteroatoms. The van der Waals surface area contributed by atoms with Crippen LogP contribution in [0.5, 0.6) is 0 Å². The molecule has 1 aliphatic heterocycles. The molecule has 2 heterocycles. The van der Waals surface area contributed by atoms with Gasteiger partial charge >= 0.3 is 0 Å². The maximum atomic E-state index is 11.1. The van der Waals surface area contributed by atoms with E-state index in [-0.39, 0.29) is 12.5 Å². The van der Waals surface area contributed by atoms with Crippen molar-refractivity contribution in [2.24, 2.45) is 5.73 Å². The summed E-state index contributed by atoms with van der Waals surface area (Å²) in [6.45, 7) is 3.18. The van der Waals surface area contributed by atoms with E-state index >= 15 is 0 Å². The zero-order valence-corrected chi connectivity index (χ0v) is 16.6. The maximum absolute atomic E-state index is 11.1. The van der Waals surface area contributed by atoms with Gasteiger partial charge < -0.3 is 10.6 Å². The molecular formula is C20H19Cl2N5O. The number of primary amides is 1. The molecular weight excluding hydrogens is 397 g/mol. The number of nitrogens with two attached hydrogens (primary N) is 1. The van der Waals surface area contributed by atoms with E-state index in [0.717, 1.165) is 48.3 Å². The average Bonchev–Trinajstić information content (AvgIpc) is 2.67. The molecule has 1 saturated heterocycles. The average molecular weight is 416 g/mol. The molecule has 0 unspecified atom stereocenters. The van der Waals surface area contributed by atoms with Gasteiger partial charge in [-0.15, -0.1) is 0 Å². The van der Waals surface area contributed by atoms with Crippen LogP contribution in [0, 0.1) is 0 Å². The summed E-state index contributed by atoms with van der Waals surface area (Å²) in [6, 6.07) is 13.2. The van der Waals surface area contributed by atoms with Gasteiger partial charge in [0.1, 0.15) is 0 Å². The van der Waals surface area contributed by atoms with Crippen LogP contribution >= 0.6 is 23.2 Å². The summed E-state index contributed by atoms with van der Waals surface area (Å²) in [4.78, 5) is 24.9. The first-order valence-corrected chi connectivity index (χ1v) is 9.74. The Balaban J connectivity index is 1.71. The van der Waals surface area contributed by atoms with Crippen LogP contribution in [-0.2, 0) is 4.79 Å². The Bertz CT molecular complexity index is 1020. The van der Waals surface area contributed by atoms with Crippen molar-refractivity contribution in [2.75, 3.05) is 37.6 Å². The lowest BCUT2D eigenvalue weighted by Crippen LogP contribution is -2.49. The zero-order chi connectivity index (χ0) is 19.7. The lowest BCUT2D eigenvalue weighted by Gasteiger charge is -2.34. The number of carbonyl (C=O) groups excluding carboxylic acids is 1. The first-order valence-electron chi connectivity index (χ1n) is 8.98. The van der Waals surface area contributed by atoms with E-state index in [0.29, 0.717) is 16.0 Å². The van der Waals surface area contributed by atoms with Crippen LogP contribution in [-0.4, -0.2) is 53.5 Å². The number of aromatic nitrogens is 2. The van der Waals surface area contributed by atoms with Crippen LogP contribution in [0.4, 0.5) is 5.95 Å². The van der Waals surface area contributed by atoms with Crippen molar-refractivity contribution in [3.63, 3.8) is 0 Å². The molecule has 1 fully saturated rings. The number of halogens is 2. The van der Waals surface area contributed by atoms with Crippen LogP contribution < -0.4 is 10.6 Å². The smallest absolute Gasteiger partial charge is 0.231 e. The molecule has 0 atom stereocenters. The third kappa shape index (κ3) is 4.04. The highest BCUT2D eigenvalue weighted by Gasteiger charge is 2.21. The number of fused-ring (bicyclic) bond motifs is 1. The molecule has 1 aromatic heterocycles. The number of nitrogens with zero attached hydrogens (tertiary/aromatic N) is 4. The van der Waals surface area contributed by atoms with Crippen molar-refractivity contribution in [2.45, 2.75) is 0 Å². The van der Waals surface area contributed by atoms with Crippen LogP contribution in [0.15, 0.2) is 42.5 Å². The lowest BCUT2D eigenvalue weighted by atomic mass is 10.1. The Morgan fingerprint density at radius 2 is 1.64 bits per heavy atom. The molecule has 0 radical (unpaired) electrons. The molecule has 1 amide bonds. The number of piperazine rings is 1. The second kappa shape index (κ2) is 7.91. The Morgan fingerprint density at radius 1 is 0.964 bits per heavy atom. The monoisotopic (exact) mass is 415 g/mol. The molecule has 0 aliphatic carbocycles. The molecule has 2 aromatic carbocycles. The second-order valence-corrected chi connectivity index (χ2v) is 7.64. The molecule has 3 aromatic rings. The fourth-order valence-electron chi connectivity index (χ4n) is 3.39.